The van der Waals surface area contributed by atoms with Gasteiger partial charge in [0.05, 0.1) is 0 Å². The number of nitrogens with zero attached hydrogens (tertiary/aromatic N) is 1. The fraction of sp³-hybridized carbons (Fsp3) is 0.538. The number of nitrogens with one attached hydrogen (secondary N) is 1. The summed E-state index contributed by atoms with van der Waals surface area (Å²) in [5.41, 5.74) is 1.35. The van der Waals surface area contributed by atoms with E-state index in [1.165, 1.54) is 12.8 Å². The second-order valence-electron chi connectivity index (χ2n) is 4.87. The molecule has 1 aliphatic carbocycles. The first-order valence-electron chi connectivity index (χ1n) is 5.99. The molecule has 4 heteroatoms. The van der Waals surface area contributed by atoms with Gasteiger partial charge in [-0.15, -0.1) is 0 Å². The normalized spacial score (nSPS) is 16.6. The second-order valence-corrected chi connectivity index (χ2v) is 5.26. The number of halogens is 1. The van der Waals surface area contributed by atoms with Crippen LogP contribution in [0.15, 0.2) is 12.1 Å². The lowest BCUT2D eigenvalue weighted by molar-refractivity contribution is 0.0937. The quantitative estimate of drug-likeness (QED) is 0.837. The van der Waals surface area contributed by atoms with E-state index in [4.69, 9.17) is 11.6 Å². The van der Waals surface area contributed by atoms with E-state index in [0.29, 0.717) is 10.7 Å². The van der Waals surface area contributed by atoms with Crippen molar-refractivity contribution < 1.29 is 4.79 Å². The molecular weight excluding hydrogens is 236 g/mol. The van der Waals surface area contributed by atoms with Gasteiger partial charge in [-0.3, -0.25) is 4.79 Å². The summed E-state index contributed by atoms with van der Waals surface area (Å²) in [6, 6.07) is 3.58. The minimum Gasteiger partial charge on any atom is -0.350 e. The standard InChI is InChI=1S/C13H17ClN2O/c1-8(5-10-3-4-10)16-13(17)11-6-9(2)15-12(14)7-11/h6-8,10H,3-5H2,1-2H3,(H,16,17). The highest BCUT2D eigenvalue weighted by Crippen LogP contribution is 2.33. The fourth-order valence-electron chi connectivity index (χ4n) is 1.98. The van der Waals surface area contributed by atoms with Crippen LogP contribution in [0.5, 0.6) is 0 Å². The number of hydrogen-bond acceptors (Lipinski definition) is 2. The smallest absolute Gasteiger partial charge is 0.251 e. The second kappa shape index (κ2) is 5.05. The van der Waals surface area contributed by atoms with Crippen molar-refractivity contribution in [3.8, 4) is 0 Å². The van der Waals surface area contributed by atoms with E-state index in [0.717, 1.165) is 18.0 Å². The molecule has 1 aromatic heterocycles. The molecule has 0 aromatic carbocycles. The van der Waals surface area contributed by atoms with Crippen LogP contribution in [0.4, 0.5) is 0 Å². The van der Waals surface area contributed by atoms with E-state index in [9.17, 15) is 4.79 Å². The van der Waals surface area contributed by atoms with Gasteiger partial charge < -0.3 is 5.32 Å². The zero-order valence-corrected chi connectivity index (χ0v) is 10.9. The van der Waals surface area contributed by atoms with Gasteiger partial charge in [-0.05, 0) is 38.3 Å². The van der Waals surface area contributed by atoms with Crippen molar-refractivity contribution in [2.75, 3.05) is 0 Å². The molecule has 17 heavy (non-hydrogen) atoms. The van der Waals surface area contributed by atoms with Crippen LogP contribution in [0.3, 0.4) is 0 Å². The monoisotopic (exact) mass is 252 g/mol. The Balaban J connectivity index is 1.97. The number of rotatable bonds is 4. The van der Waals surface area contributed by atoms with Gasteiger partial charge in [0.1, 0.15) is 5.15 Å². The number of carbonyl (C=O) groups is 1. The molecule has 0 spiro atoms. The summed E-state index contributed by atoms with van der Waals surface area (Å²) in [5, 5.41) is 3.36. The molecule has 0 bridgehead atoms. The van der Waals surface area contributed by atoms with E-state index >= 15 is 0 Å². The number of hydrogen-bond donors (Lipinski definition) is 1. The van der Waals surface area contributed by atoms with Crippen molar-refractivity contribution in [2.24, 2.45) is 5.92 Å². The SMILES string of the molecule is Cc1cc(C(=O)NC(C)CC2CC2)cc(Cl)n1. The number of carbonyl (C=O) groups excluding carboxylic acids is 1. The van der Waals surface area contributed by atoms with Gasteiger partial charge in [-0.1, -0.05) is 24.4 Å². The van der Waals surface area contributed by atoms with E-state index in [-0.39, 0.29) is 11.9 Å². The molecule has 1 atom stereocenters. The summed E-state index contributed by atoms with van der Waals surface area (Å²) >= 11 is 5.83. The van der Waals surface area contributed by atoms with Crippen molar-refractivity contribution >= 4 is 17.5 Å². The number of pyridine rings is 1. The average molecular weight is 253 g/mol. The van der Waals surface area contributed by atoms with Crippen LogP contribution in [0.2, 0.25) is 5.15 Å². The number of aryl methyl sites for hydroxylation is 1. The van der Waals surface area contributed by atoms with Gasteiger partial charge in [-0.25, -0.2) is 4.98 Å². The summed E-state index contributed by atoms with van der Waals surface area (Å²) in [5.74, 6) is 0.749. The Morgan fingerprint density at radius 3 is 2.88 bits per heavy atom. The van der Waals surface area contributed by atoms with Crippen molar-refractivity contribution in [3.63, 3.8) is 0 Å². The minimum absolute atomic E-state index is 0.0643. The van der Waals surface area contributed by atoms with Crippen molar-refractivity contribution in [3.05, 3.63) is 28.5 Å². The van der Waals surface area contributed by atoms with E-state index in [1.54, 1.807) is 12.1 Å². The molecule has 1 unspecified atom stereocenters. The number of amides is 1. The molecule has 1 amide bonds. The third-order valence-electron chi connectivity index (χ3n) is 2.95. The molecule has 1 saturated carbocycles. The summed E-state index contributed by atoms with van der Waals surface area (Å²) < 4.78 is 0. The van der Waals surface area contributed by atoms with Gasteiger partial charge in [0.2, 0.25) is 0 Å². The molecule has 0 saturated heterocycles. The highest BCUT2D eigenvalue weighted by molar-refractivity contribution is 6.29. The Bertz CT molecular complexity index is 409. The predicted molar refractivity (Wildman–Crippen MR) is 68.3 cm³/mol. The van der Waals surface area contributed by atoms with Crippen LogP contribution in [-0.2, 0) is 0 Å². The van der Waals surface area contributed by atoms with E-state index in [2.05, 4.69) is 10.3 Å². The molecule has 1 fully saturated rings. The first-order chi connectivity index (χ1) is 8.04. The maximum absolute atomic E-state index is 12.0. The van der Waals surface area contributed by atoms with Crippen molar-refractivity contribution in [1.82, 2.24) is 10.3 Å². The minimum atomic E-state index is -0.0643. The number of aromatic nitrogens is 1. The predicted octanol–water partition coefficient (Wildman–Crippen LogP) is 2.96. The van der Waals surface area contributed by atoms with Crippen LogP contribution in [-0.4, -0.2) is 16.9 Å². The Hall–Kier alpha value is -1.09. The van der Waals surface area contributed by atoms with Gasteiger partial charge >= 0.3 is 0 Å². The average Bonchev–Trinajstić information content (AvgIpc) is 2.99. The summed E-state index contributed by atoms with van der Waals surface area (Å²) in [6.07, 6.45) is 3.68. The Labute approximate surface area is 107 Å². The lowest BCUT2D eigenvalue weighted by Crippen LogP contribution is -2.32. The van der Waals surface area contributed by atoms with Crippen molar-refractivity contribution in [1.29, 1.82) is 0 Å². The maximum Gasteiger partial charge on any atom is 0.251 e. The van der Waals surface area contributed by atoms with E-state index < -0.39 is 0 Å². The van der Waals surface area contributed by atoms with Crippen molar-refractivity contribution in [2.45, 2.75) is 39.2 Å². The van der Waals surface area contributed by atoms with Crippen LogP contribution >= 0.6 is 11.6 Å². The molecule has 1 aromatic rings. The van der Waals surface area contributed by atoms with Gasteiger partial charge in [0.25, 0.3) is 5.91 Å². The molecule has 2 rings (SSSR count). The zero-order chi connectivity index (χ0) is 12.4. The molecule has 0 radical (unpaired) electrons. The maximum atomic E-state index is 12.0. The molecule has 0 aliphatic heterocycles. The largest absolute Gasteiger partial charge is 0.350 e. The summed E-state index contributed by atoms with van der Waals surface area (Å²) in [4.78, 5) is 16.0. The Morgan fingerprint density at radius 1 is 1.59 bits per heavy atom. The lowest BCUT2D eigenvalue weighted by atomic mass is 10.1. The van der Waals surface area contributed by atoms with Gasteiger partial charge in [0.15, 0.2) is 0 Å². The van der Waals surface area contributed by atoms with E-state index in [1.807, 2.05) is 13.8 Å². The van der Waals surface area contributed by atoms with Gasteiger partial charge in [0, 0.05) is 17.3 Å². The summed E-state index contributed by atoms with van der Waals surface area (Å²) in [6.45, 7) is 3.88. The van der Waals surface area contributed by atoms with Crippen LogP contribution in [0, 0.1) is 12.8 Å². The highest BCUT2D eigenvalue weighted by atomic mass is 35.5. The fourth-order valence-corrected chi connectivity index (χ4v) is 2.23. The zero-order valence-electron chi connectivity index (χ0n) is 10.2. The molecule has 3 nitrogen and oxygen atoms in total. The van der Waals surface area contributed by atoms with Gasteiger partial charge in [-0.2, -0.15) is 0 Å². The highest BCUT2D eigenvalue weighted by Gasteiger charge is 2.24. The molecular formula is C13H17ClN2O. The molecule has 1 heterocycles. The summed E-state index contributed by atoms with van der Waals surface area (Å²) in [7, 11) is 0. The third-order valence-corrected chi connectivity index (χ3v) is 3.14. The Kier molecular flexibility index (Phi) is 3.67. The topological polar surface area (TPSA) is 42.0 Å². The third kappa shape index (κ3) is 3.70. The molecule has 1 N–H and O–H groups in total. The molecule has 92 valence electrons. The van der Waals surface area contributed by atoms with Crippen LogP contribution in [0.25, 0.3) is 0 Å². The first-order valence-corrected chi connectivity index (χ1v) is 6.37. The first kappa shape index (κ1) is 12.4. The Morgan fingerprint density at radius 2 is 2.29 bits per heavy atom. The molecule has 1 aliphatic rings. The van der Waals surface area contributed by atoms with Crippen LogP contribution < -0.4 is 5.32 Å². The van der Waals surface area contributed by atoms with Crippen LogP contribution in [0.1, 0.15) is 42.2 Å². The lowest BCUT2D eigenvalue weighted by Gasteiger charge is -2.13.